The van der Waals surface area contributed by atoms with Gasteiger partial charge in [-0.1, -0.05) is 50.1 Å². The number of carbonyl (C=O) groups is 1. The molecule has 114 valence electrons. The number of unbranched alkanes of at least 4 members (excludes halogenated alkanes) is 2. The average molecular weight is 305 g/mol. The number of carbonyl (C=O) groups excluding carboxylic acids is 1. The van der Waals surface area contributed by atoms with Crippen LogP contribution >= 0.6 is 11.8 Å². The van der Waals surface area contributed by atoms with Crippen molar-refractivity contribution in [2.24, 2.45) is 0 Å². The van der Waals surface area contributed by atoms with Gasteiger partial charge >= 0.3 is 0 Å². The second-order valence-corrected chi connectivity index (χ2v) is 6.28. The maximum Gasteiger partial charge on any atom is 0.230 e. The van der Waals surface area contributed by atoms with E-state index in [4.69, 9.17) is 0 Å². The third-order valence-electron chi connectivity index (χ3n) is 3.36. The Morgan fingerprint density at radius 2 is 2.19 bits per heavy atom. The average Bonchev–Trinajstić information content (AvgIpc) is 2.88. The molecule has 0 aliphatic carbocycles. The molecule has 0 saturated carbocycles. The predicted octanol–water partition coefficient (Wildman–Crippen LogP) is 3.74. The van der Waals surface area contributed by atoms with Crippen molar-refractivity contribution in [2.45, 2.75) is 50.7 Å². The molecule has 21 heavy (non-hydrogen) atoms. The number of H-pyrrole nitrogens is 1. The molecule has 0 aliphatic heterocycles. The van der Waals surface area contributed by atoms with Gasteiger partial charge in [0.15, 0.2) is 5.16 Å². The van der Waals surface area contributed by atoms with Crippen LogP contribution in [0.5, 0.6) is 0 Å². The van der Waals surface area contributed by atoms with Crippen molar-refractivity contribution in [1.82, 2.24) is 15.3 Å². The maximum atomic E-state index is 11.9. The molecule has 0 aliphatic rings. The summed E-state index contributed by atoms with van der Waals surface area (Å²) in [6.07, 6.45) is 4.67. The summed E-state index contributed by atoms with van der Waals surface area (Å²) in [5, 5.41) is 3.84. The normalized spacial score (nSPS) is 12.5. The highest BCUT2D eigenvalue weighted by atomic mass is 32.2. The Labute approximate surface area is 130 Å². The van der Waals surface area contributed by atoms with E-state index in [2.05, 4.69) is 29.1 Å². The molecule has 1 aromatic heterocycles. The van der Waals surface area contributed by atoms with E-state index in [0.29, 0.717) is 5.75 Å². The van der Waals surface area contributed by atoms with Gasteiger partial charge in [0.2, 0.25) is 5.91 Å². The third-order valence-corrected chi connectivity index (χ3v) is 4.23. The van der Waals surface area contributed by atoms with Gasteiger partial charge in [0.1, 0.15) is 0 Å². The number of nitrogens with zero attached hydrogens (tertiary/aromatic N) is 1. The first-order chi connectivity index (χ1) is 10.2. The van der Waals surface area contributed by atoms with Crippen molar-refractivity contribution in [2.75, 3.05) is 5.75 Å². The number of para-hydroxylation sites is 2. The molecule has 1 amide bonds. The molecule has 0 spiro atoms. The van der Waals surface area contributed by atoms with Gasteiger partial charge in [-0.15, -0.1) is 0 Å². The second-order valence-electron chi connectivity index (χ2n) is 5.31. The van der Waals surface area contributed by atoms with Crippen LogP contribution in [0, 0.1) is 0 Å². The van der Waals surface area contributed by atoms with Gasteiger partial charge in [0.25, 0.3) is 0 Å². The lowest BCUT2D eigenvalue weighted by Crippen LogP contribution is -2.33. The number of nitrogens with one attached hydrogen (secondary N) is 2. The molecule has 4 nitrogen and oxygen atoms in total. The van der Waals surface area contributed by atoms with Crippen molar-refractivity contribution in [3.05, 3.63) is 24.3 Å². The summed E-state index contributed by atoms with van der Waals surface area (Å²) in [4.78, 5) is 19.6. The third kappa shape index (κ3) is 5.08. The summed E-state index contributed by atoms with van der Waals surface area (Å²) in [5.74, 6) is 0.474. The van der Waals surface area contributed by atoms with Crippen molar-refractivity contribution < 1.29 is 4.79 Å². The Morgan fingerprint density at radius 3 is 2.95 bits per heavy atom. The maximum absolute atomic E-state index is 11.9. The van der Waals surface area contributed by atoms with Crippen LogP contribution in [-0.4, -0.2) is 27.7 Å². The molecule has 1 aromatic carbocycles. The molecule has 0 unspecified atom stereocenters. The van der Waals surface area contributed by atoms with Gasteiger partial charge in [-0.05, 0) is 25.5 Å². The Balaban J connectivity index is 1.75. The molecule has 2 aromatic rings. The lowest BCUT2D eigenvalue weighted by Gasteiger charge is -2.12. The summed E-state index contributed by atoms with van der Waals surface area (Å²) in [7, 11) is 0. The Bertz CT molecular complexity index is 549. The van der Waals surface area contributed by atoms with Gasteiger partial charge in [-0.3, -0.25) is 4.79 Å². The molecule has 1 atom stereocenters. The quantitative estimate of drug-likeness (QED) is 0.577. The lowest BCUT2D eigenvalue weighted by atomic mass is 10.1. The van der Waals surface area contributed by atoms with E-state index < -0.39 is 0 Å². The van der Waals surface area contributed by atoms with Crippen molar-refractivity contribution in [1.29, 1.82) is 0 Å². The smallest absolute Gasteiger partial charge is 0.230 e. The number of aromatic nitrogens is 2. The summed E-state index contributed by atoms with van der Waals surface area (Å²) in [6, 6.07) is 8.14. The number of thioether (sulfide) groups is 1. The first-order valence-corrected chi connectivity index (χ1v) is 8.54. The van der Waals surface area contributed by atoms with Crippen LogP contribution in [0.25, 0.3) is 11.0 Å². The second kappa shape index (κ2) is 8.08. The SMILES string of the molecule is CCCCC[C@@H](C)NC(=O)CSc1nc2ccccc2[nH]1. The fourth-order valence-corrected chi connectivity index (χ4v) is 2.92. The van der Waals surface area contributed by atoms with Crippen molar-refractivity contribution in [3.63, 3.8) is 0 Å². The molecule has 2 rings (SSSR count). The summed E-state index contributed by atoms with van der Waals surface area (Å²) >= 11 is 1.45. The molecule has 0 bridgehead atoms. The largest absolute Gasteiger partial charge is 0.353 e. The summed E-state index contributed by atoms with van der Waals surface area (Å²) in [5.41, 5.74) is 1.95. The van der Waals surface area contributed by atoms with Crippen LogP contribution in [0.2, 0.25) is 0 Å². The minimum absolute atomic E-state index is 0.0736. The minimum atomic E-state index is 0.0736. The van der Waals surface area contributed by atoms with Gasteiger partial charge in [-0.25, -0.2) is 4.98 Å². The van der Waals surface area contributed by atoms with Gasteiger partial charge < -0.3 is 10.3 Å². The van der Waals surface area contributed by atoms with Crippen molar-refractivity contribution >= 4 is 28.7 Å². The first-order valence-electron chi connectivity index (χ1n) is 7.56. The highest BCUT2D eigenvalue weighted by Gasteiger charge is 2.09. The summed E-state index contributed by atoms with van der Waals surface area (Å²) in [6.45, 7) is 4.26. The first kappa shape index (κ1) is 15.9. The Morgan fingerprint density at radius 1 is 1.38 bits per heavy atom. The molecule has 0 saturated heterocycles. The van der Waals surface area contributed by atoms with E-state index in [9.17, 15) is 4.79 Å². The Kier molecular flexibility index (Phi) is 6.11. The van der Waals surface area contributed by atoms with Gasteiger partial charge in [-0.2, -0.15) is 0 Å². The van der Waals surface area contributed by atoms with Crippen LogP contribution in [0.15, 0.2) is 29.4 Å². The molecule has 0 radical (unpaired) electrons. The zero-order valence-electron chi connectivity index (χ0n) is 12.7. The number of benzene rings is 1. The number of fused-ring (bicyclic) bond motifs is 1. The van der Waals surface area contributed by atoms with Crippen LogP contribution in [-0.2, 0) is 4.79 Å². The standard InChI is InChI=1S/C16H23N3OS/c1-3-4-5-8-12(2)17-15(20)11-21-16-18-13-9-6-7-10-14(13)19-16/h6-7,9-10,12H,3-5,8,11H2,1-2H3,(H,17,20)(H,18,19)/t12-/m1/s1. The Hall–Kier alpha value is -1.49. The fourth-order valence-electron chi connectivity index (χ4n) is 2.22. The van der Waals surface area contributed by atoms with Crippen LogP contribution in [0.3, 0.4) is 0 Å². The lowest BCUT2D eigenvalue weighted by molar-refractivity contribution is -0.119. The van der Waals surface area contributed by atoms with Crippen molar-refractivity contribution in [3.8, 4) is 0 Å². The van der Waals surface area contributed by atoms with E-state index in [1.54, 1.807) is 0 Å². The number of imidazole rings is 1. The molecule has 2 N–H and O–H groups in total. The number of rotatable bonds is 8. The van der Waals surface area contributed by atoms with E-state index in [-0.39, 0.29) is 11.9 Å². The predicted molar refractivity (Wildman–Crippen MR) is 88.6 cm³/mol. The van der Waals surface area contributed by atoms with E-state index >= 15 is 0 Å². The molecule has 5 heteroatoms. The molecular formula is C16H23N3OS. The number of hydrogen-bond donors (Lipinski definition) is 2. The monoisotopic (exact) mass is 305 g/mol. The number of hydrogen-bond acceptors (Lipinski definition) is 3. The fraction of sp³-hybridized carbons (Fsp3) is 0.500. The van der Waals surface area contributed by atoms with Crippen LogP contribution < -0.4 is 5.32 Å². The zero-order valence-corrected chi connectivity index (χ0v) is 13.5. The van der Waals surface area contributed by atoms with Crippen LogP contribution in [0.1, 0.15) is 39.5 Å². The number of aromatic amines is 1. The van der Waals surface area contributed by atoms with E-state index in [1.807, 2.05) is 24.3 Å². The highest BCUT2D eigenvalue weighted by molar-refractivity contribution is 7.99. The molecule has 1 heterocycles. The van der Waals surface area contributed by atoms with Gasteiger partial charge in [0.05, 0.1) is 16.8 Å². The van der Waals surface area contributed by atoms with Crippen LogP contribution in [0.4, 0.5) is 0 Å². The topological polar surface area (TPSA) is 57.8 Å². The summed E-state index contributed by atoms with van der Waals surface area (Å²) < 4.78 is 0. The van der Waals surface area contributed by atoms with E-state index in [0.717, 1.165) is 22.6 Å². The van der Waals surface area contributed by atoms with Gasteiger partial charge in [0, 0.05) is 6.04 Å². The highest BCUT2D eigenvalue weighted by Crippen LogP contribution is 2.18. The zero-order chi connectivity index (χ0) is 15.1. The molecule has 0 fully saturated rings. The number of amides is 1. The van der Waals surface area contributed by atoms with E-state index in [1.165, 1.54) is 31.0 Å². The minimum Gasteiger partial charge on any atom is -0.353 e. The molecular weight excluding hydrogens is 282 g/mol.